The van der Waals surface area contributed by atoms with Gasteiger partial charge in [-0.25, -0.2) is 9.37 Å². The molecule has 1 aliphatic heterocycles. The fraction of sp³-hybridized carbons (Fsp3) is 0.250. The first-order valence-electron chi connectivity index (χ1n) is 10.9. The number of rotatable bonds is 4. The maximum absolute atomic E-state index is 14.4. The van der Waals surface area contributed by atoms with Gasteiger partial charge in [-0.1, -0.05) is 24.3 Å². The summed E-state index contributed by atoms with van der Waals surface area (Å²) < 4.78 is 18.3. The van der Waals surface area contributed by atoms with Gasteiger partial charge in [-0.05, 0) is 56.2 Å². The van der Waals surface area contributed by atoms with Gasteiger partial charge in [0.05, 0.1) is 22.6 Å². The lowest BCUT2D eigenvalue weighted by molar-refractivity contribution is 0.603. The van der Waals surface area contributed by atoms with E-state index in [0.717, 1.165) is 48.6 Å². The van der Waals surface area contributed by atoms with E-state index in [9.17, 15) is 4.39 Å². The van der Waals surface area contributed by atoms with Gasteiger partial charge in [0.25, 0.3) is 0 Å². The number of para-hydroxylation sites is 2. The minimum Gasteiger partial charge on any atom is -0.345 e. The van der Waals surface area contributed by atoms with Crippen molar-refractivity contribution < 1.29 is 4.39 Å². The number of benzene rings is 2. The average Bonchev–Trinajstić information content (AvgIpc) is 3.55. The molecule has 0 aliphatic carbocycles. The zero-order chi connectivity index (χ0) is 21.7. The molecule has 8 heteroatoms. The van der Waals surface area contributed by atoms with Gasteiger partial charge in [0.15, 0.2) is 11.5 Å². The third-order valence-electron chi connectivity index (χ3n) is 6.21. The quantitative estimate of drug-likeness (QED) is 0.418. The summed E-state index contributed by atoms with van der Waals surface area (Å²) in [6, 6.07) is 18.8. The van der Waals surface area contributed by atoms with Crippen LogP contribution in [0.4, 0.5) is 10.2 Å². The van der Waals surface area contributed by atoms with E-state index in [-0.39, 0.29) is 11.9 Å². The zero-order valence-corrected chi connectivity index (χ0v) is 17.7. The lowest BCUT2D eigenvalue weighted by atomic mass is 10.2. The highest BCUT2D eigenvalue weighted by atomic mass is 19.1. The molecule has 4 heterocycles. The summed E-state index contributed by atoms with van der Waals surface area (Å²) >= 11 is 0. The zero-order valence-electron chi connectivity index (χ0n) is 17.7. The molecule has 7 nitrogen and oxygen atoms in total. The Balaban J connectivity index is 1.45. The number of nitrogens with zero attached hydrogens (tertiary/aromatic N) is 7. The van der Waals surface area contributed by atoms with Gasteiger partial charge in [-0.2, -0.15) is 4.52 Å². The van der Waals surface area contributed by atoms with Crippen LogP contribution < -0.4 is 4.90 Å². The Bertz CT molecular complexity index is 1440. The van der Waals surface area contributed by atoms with Crippen LogP contribution in [0, 0.1) is 5.82 Å². The van der Waals surface area contributed by atoms with Gasteiger partial charge >= 0.3 is 0 Å². The number of fused-ring (bicyclic) bond motifs is 2. The SMILES string of the molecule is CCn1c(C2CCCN2c2ccc3nnc(-c4ccccc4F)n3n2)nc2ccccc21. The van der Waals surface area contributed by atoms with Crippen LogP contribution in [0.15, 0.2) is 60.7 Å². The van der Waals surface area contributed by atoms with Gasteiger partial charge in [0.2, 0.25) is 0 Å². The molecular formula is C24H22FN7. The highest BCUT2D eigenvalue weighted by molar-refractivity contribution is 5.76. The van der Waals surface area contributed by atoms with Crippen molar-refractivity contribution in [1.82, 2.24) is 29.4 Å². The smallest absolute Gasteiger partial charge is 0.188 e. The Morgan fingerprint density at radius 3 is 2.72 bits per heavy atom. The molecule has 0 radical (unpaired) electrons. The predicted octanol–water partition coefficient (Wildman–Crippen LogP) is 4.64. The first-order valence-corrected chi connectivity index (χ1v) is 10.9. The van der Waals surface area contributed by atoms with E-state index in [1.54, 1.807) is 22.7 Å². The molecule has 5 aromatic rings. The van der Waals surface area contributed by atoms with Gasteiger partial charge in [0, 0.05) is 13.1 Å². The van der Waals surface area contributed by atoms with Crippen molar-refractivity contribution in [3.05, 3.63) is 72.3 Å². The number of hydrogen-bond acceptors (Lipinski definition) is 5. The number of aryl methyl sites for hydroxylation is 1. The second kappa shape index (κ2) is 7.40. The van der Waals surface area contributed by atoms with E-state index < -0.39 is 0 Å². The van der Waals surface area contributed by atoms with E-state index >= 15 is 0 Å². The van der Waals surface area contributed by atoms with Crippen LogP contribution >= 0.6 is 0 Å². The molecule has 3 aromatic heterocycles. The molecule has 6 rings (SSSR count). The number of imidazole rings is 1. The lowest BCUT2D eigenvalue weighted by Crippen LogP contribution is -2.26. The van der Waals surface area contributed by atoms with E-state index in [4.69, 9.17) is 10.1 Å². The monoisotopic (exact) mass is 427 g/mol. The van der Waals surface area contributed by atoms with Crippen molar-refractivity contribution in [2.45, 2.75) is 32.4 Å². The van der Waals surface area contributed by atoms with Crippen LogP contribution in [0.3, 0.4) is 0 Å². The molecule has 0 amide bonds. The molecular weight excluding hydrogens is 405 g/mol. The summed E-state index contributed by atoms with van der Waals surface area (Å²) in [6.45, 7) is 3.89. The maximum atomic E-state index is 14.4. The Morgan fingerprint density at radius 1 is 1.00 bits per heavy atom. The van der Waals surface area contributed by atoms with Crippen molar-refractivity contribution in [3.8, 4) is 11.4 Å². The van der Waals surface area contributed by atoms with E-state index in [2.05, 4.69) is 44.8 Å². The van der Waals surface area contributed by atoms with Crippen LogP contribution in [0.2, 0.25) is 0 Å². The number of hydrogen-bond donors (Lipinski definition) is 0. The van der Waals surface area contributed by atoms with Crippen molar-refractivity contribution in [3.63, 3.8) is 0 Å². The highest BCUT2D eigenvalue weighted by Gasteiger charge is 2.32. The topological polar surface area (TPSA) is 64.1 Å². The second-order valence-corrected chi connectivity index (χ2v) is 8.02. The van der Waals surface area contributed by atoms with E-state index in [1.807, 2.05) is 18.2 Å². The van der Waals surface area contributed by atoms with Crippen molar-refractivity contribution in [2.24, 2.45) is 0 Å². The normalized spacial score (nSPS) is 16.4. The van der Waals surface area contributed by atoms with Crippen molar-refractivity contribution in [2.75, 3.05) is 11.4 Å². The summed E-state index contributed by atoms with van der Waals surface area (Å²) in [5, 5.41) is 13.2. The standard InChI is InChI=1S/C24H22FN7/c1-2-30-19-11-6-5-10-18(19)26-24(30)20-12-7-15-31(20)22-14-13-21-27-28-23(32(21)29-22)16-8-3-4-9-17(16)25/h3-6,8-11,13-14,20H,2,7,12,15H2,1H3. The predicted molar refractivity (Wildman–Crippen MR) is 121 cm³/mol. The van der Waals surface area contributed by atoms with Gasteiger partial charge in [0.1, 0.15) is 17.5 Å². The minimum atomic E-state index is -0.343. The van der Waals surface area contributed by atoms with E-state index in [1.165, 1.54) is 6.07 Å². The summed E-state index contributed by atoms with van der Waals surface area (Å²) in [5.41, 5.74) is 3.14. The van der Waals surface area contributed by atoms with Crippen LogP contribution in [-0.4, -0.2) is 35.9 Å². The third kappa shape index (κ3) is 2.86. The first-order chi connectivity index (χ1) is 15.7. The van der Waals surface area contributed by atoms with Crippen LogP contribution in [-0.2, 0) is 6.54 Å². The Labute approximate surface area is 184 Å². The second-order valence-electron chi connectivity index (χ2n) is 8.02. The molecule has 1 unspecified atom stereocenters. The van der Waals surface area contributed by atoms with Crippen LogP contribution in [0.1, 0.15) is 31.6 Å². The molecule has 0 bridgehead atoms. The molecule has 0 saturated carbocycles. The minimum absolute atomic E-state index is 0.126. The summed E-state index contributed by atoms with van der Waals surface area (Å²) in [5.74, 6) is 1.93. The summed E-state index contributed by atoms with van der Waals surface area (Å²) in [4.78, 5) is 7.27. The van der Waals surface area contributed by atoms with Gasteiger partial charge < -0.3 is 9.47 Å². The van der Waals surface area contributed by atoms with Crippen LogP contribution in [0.25, 0.3) is 28.1 Å². The molecule has 1 aliphatic rings. The number of anilines is 1. The van der Waals surface area contributed by atoms with Crippen molar-refractivity contribution >= 4 is 22.5 Å². The molecule has 160 valence electrons. The Kier molecular flexibility index (Phi) is 4.38. The molecule has 0 spiro atoms. The molecule has 0 N–H and O–H groups in total. The Morgan fingerprint density at radius 2 is 1.84 bits per heavy atom. The molecule has 2 aromatic carbocycles. The number of aromatic nitrogens is 6. The maximum Gasteiger partial charge on any atom is 0.188 e. The summed E-state index contributed by atoms with van der Waals surface area (Å²) in [6.07, 6.45) is 2.06. The number of halogens is 1. The van der Waals surface area contributed by atoms with Gasteiger partial charge in [-0.15, -0.1) is 15.3 Å². The van der Waals surface area contributed by atoms with E-state index in [0.29, 0.717) is 17.0 Å². The lowest BCUT2D eigenvalue weighted by Gasteiger charge is -2.25. The fourth-order valence-corrected chi connectivity index (χ4v) is 4.73. The Hall–Kier alpha value is -3.81. The fourth-order valence-electron chi connectivity index (χ4n) is 4.73. The summed E-state index contributed by atoms with van der Waals surface area (Å²) in [7, 11) is 0. The van der Waals surface area contributed by atoms with Crippen molar-refractivity contribution in [1.29, 1.82) is 0 Å². The van der Waals surface area contributed by atoms with Crippen LogP contribution in [0.5, 0.6) is 0 Å². The first kappa shape index (κ1) is 18.9. The molecule has 1 atom stereocenters. The molecule has 32 heavy (non-hydrogen) atoms. The van der Waals surface area contributed by atoms with Gasteiger partial charge in [-0.3, -0.25) is 0 Å². The molecule has 1 saturated heterocycles. The average molecular weight is 427 g/mol. The highest BCUT2D eigenvalue weighted by Crippen LogP contribution is 2.36. The largest absolute Gasteiger partial charge is 0.345 e. The molecule has 1 fully saturated rings. The third-order valence-corrected chi connectivity index (χ3v) is 6.21.